The average Bonchev–Trinajstić information content (AvgIpc) is 3.43. The smallest absolute Gasteiger partial charge is 0.435 e. The summed E-state index contributed by atoms with van der Waals surface area (Å²) in [6.45, 7) is 9.02. The molecular formula is C36H47N7O5. The molecule has 3 N–H and O–H groups in total. The molecule has 2 aromatic carbocycles. The standard InChI is InChI=1S/C34H41N7O5.C2H6/c1-4-6-7-10-21-46-34(44)39-32(35)24-12-15-26(16-13-24)37-23-30-38-27-22-25(14-17-28(27)40(30)3)33(43)41(20-18-31(42)45-5-2)29-11-8-9-19-36-29;1-2/h8-9,11-17,19,22,37H,4-7,10,18,20-21,23H2,1-3H3,(H2,35,39,44);1-2H3. The van der Waals surface area contributed by atoms with Gasteiger partial charge < -0.3 is 25.1 Å². The number of anilines is 2. The summed E-state index contributed by atoms with van der Waals surface area (Å²) in [6, 6.07) is 17.9. The van der Waals surface area contributed by atoms with E-state index in [1.54, 1.807) is 55.6 Å². The van der Waals surface area contributed by atoms with E-state index in [2.05, 4.69) is 22.2 Å². The number of aliphatic imine (C=N–C) groups is 1. The molecule has 2 aromatic heterocycles. The van der Waals surface area contributed by atoms with Crippen LogP contribution in [-0.2, 0) is 27.9 Å². The third-order valence-electron chi connectivity index (χ3n) is 7.30. The summed E-state index contributed by atoms with van der Waals surface area (Å²) in [4.78, 5) is 52.0. The number of carbonyl (C=O) groups is 3. The first-order chi connectivity index (χ1) is 23.3. The minimum absolute atomic E-state index is 0.0455. The lowest BCUT2D eigenvalue weighted by Crippen LogP contribution is -2.34. The number of pyridine rings is 1. The van der Waals surface area contributed by atoms with Gasteiger partial charge in [0.1, 0.15) is 17.5 Å². The Labute approximate surface area is 282 Å². The van der Waals surface area contributed by atoms with Crippen LogP contribution >= 0.6 is 0 Å². The van der Waals surface area contributed by atoms with Crippen LogP contribution in [0, 0.1) is 0 Å². The van der Waals surface area contributed by atoms with Gasteiger partial charge in [0.05, 0.1) is 37.2 Å². The van der Waals surface area contributed by atoms with Crippen LogP contribution in [0.5, 0.6) is 0 Å². The summed E-state index contributed by atoms with van der Waals surface area (Å²) in [5, 5.41) is 3.35. The lowest BCUT2D eigenvalue weighted by atomic mass is 10.1. The van der Waals surface area contributed by atoms with Crippen molar-refractivity contribution in [2.24, 2.45) is 17.8 Å². The van der Waals surface area contributed by atoms with E-state index in [-0.39, 0.29) is 37.3 Å². The van der Waals surface area contributed by atoms with Crippen LogP contribution in [0.2, 0.25) is 0 Å². The van der Waals surface area contributed by atoms with Gasteiger partial charge in [-0.05, 0) is 67.9 Å². The van der Waals surface area contributed by atoms with Gasteiger partial charge >= 0.3 is 12.1 Å². The van der Waals surface area contributed by atoms with Gasteiger partial charge in [0.15, 0.2) is 0 Å². The highest BCUT2D eigenvalue weighted by Crippen LogP contribution is 2.21. The number of nitrogens with one attached hydrogen (secondary N) is 1. The highest BCUT2D eigenvalue weighted by molar-refractivity contribution is 6.07. The van der Waals surface area contributed by atoms with E-state index in [0.717, 1.165) is 42.7 Å². The number of aryl methyl sites for hydroxylation is 1. The number of imidazole rings is 1. The Morgan fingerprint density at radius 2 is 1.71 bits per heavy atom. The third kappa shape index (κ3) is 10.6. The fraction of sp³-hybridized carbons (Fsp3) is 0.389. The van der Waals surface area contributed by atoms with Crippen LogP contribution in [0.25, 0.3) is 11.0 Å². The Hall–Kier alpha value is -5.26. The second-order valence-electron chi connectivity index (χ2n) is 10.6. The Bertz CT molecular complexity index is 1650. The summed E-state index contributed by atoms with van der Waals surface area (Å²) < 4.78 is 12.1. The molecule has 48 heavy (non-hydrogen) atoms. The SMILES string of the molecule is CC.CCCCCCOC(=O)/N=C(/N)c1ccc(NCc2nc3cc(C(=O)N(CCC(=O)OCC)c4ccccn4)ccc3n2C)cc1. The highest BCUT2D eigenvalue weighted by atomic mass is 16.5. The van der Waals surface area contributed by atoms with E-state index in [1.807, 2.05) is 43.7 Å². The Kier molecular flexibility index (Phi) is 15.0. The van der Waals surface area contributed by atoms with Gasteiger partial charge in [-0.3, -0.25) is 14.5 Å². The molecule has 12 nitrogen and oxygen atoms in total. The number of hydrogen-bond donors (Lipinski definition) is 2. The molecule has 0 atom stereocenters. The molecule has 0 saturated heterocycles. The van der Waals surface area contributed by atoms with Gasteiger partial charge in [-0.2, -0.15) is 4.99 Å². The normalized spacial score (nSPS) is 11.0. The number of benzene rings is 2. The van der Waals surface area contributed by atoms with Crippen LogP contribution in [0.15, 0.2) is 71.9 Å². The van der Waals surface area contributed by atoms with Crippen molar-refractivity contribution in [1.29, 1.82) is 0 Å². The molecule has 2 amide bonds. The zero-order chi connectivity index (χ0) is 34.9. The van der Waals surface area contributed by atoms with E-state index >= 15 is 0 Å². The van der Waals surface area contributed by atoms with Crippen molar-refractivity contribution in [2.75, 3.05) is 30.0 Å². The third-order valence-corrected chi connectivity index (χ3v) is 7.30. The van der Waals surface area contributed by atoms with Crippen LogP contribution in [-0.4, -0.2) is 58.1 Å². The van der Waals surface area contributed by atoms with Gasteiger partial charge in [-0.25, -0.2) is 14.8 Å². The predicted octanol–water partition coefficient (Wildman–Crippen LogP) is 6.63. The number of carbonyl (C=O) groups excluding carboxylic acids is 3. The van der Waals surface area contributed by atoms with Crippen molar-refractivity contribution in [3.05, 3.63) is 83.8 Å². The number of nitrogens with two attached hydrogens (primary N) is 1. The Morgan fingerprint density at radius 3 is 2.40 bits per heavy atom. The Morgan fingerprint density at radius 1 is 0.958 bits per heavy atom. The van der Waals surface area contributed by atoms with Crippen LogP contribution in [0.4, 0.5) is 16.3 Å². The first-order valence-corrected chi connectivity index (χ1v) is 16.5. The van der Waals surface area contributed by atoms with Gasteiger partial charge in [-0.1, -0.05) is 46.1 Å². The molecule has 0 spiro atoms. The monoisotopic (exact) mass is 657 g/mol. The van der Waals surface area contributed by atoms with Gasteiger partial charge in [-0.15, -0.1) is 0 Å². The van der Waals surface area contributed by atoms with Crippen molar-refractivity contribution >= 4 is 46.3 Å². The topological polar surface area (TPSA) is 154 Å². The first-order valence-electron chi connectivity index (χ1n) is 16.5. The largest absolute Gasteiger partial charge is 0.466 e. The minimum Gasteiger partial charge on any atom is -0.466 e. The molecule has 4 rings (SSSR count). The number of rotatable bonds is 15. The fourth-order valence-corrected chi connectivity index (χ4v) is 4.79. The molecule has 0 aliphatic heterocycles. The molecule has 0 unspecified atom stereocenters. The minimum atomic E-state index is -0.691. The van der Waals surface area contributed by atoms with Crippen molar-refractivity contribution < 1.29 is 23.9 Å². The van der Waals surface area contributed by atoms with E-state index < -0.39 is 6.09 Å². The summed E-state index contributed by atoms with van der Waals surface area (Å²) in [5.41, 5.74) is 9.40. The van der Waals surface area contributed by atoms with Gasteiger partial charge in [0.2, 0.25) is 0 Å². The number of aromatic nitrogens is 3. The van der Waals surface area contributed by atoms with Crippen molar-refractivity contribution in [2.45, 2.75) is 66.3 Å². The second kappa shape index (κ2) is 19.4. The maximum absolute atomic E-state index is 13.6. The average molecular weight is 658 g/mol. The molecule has 256 valence electrons. The van der Waals surface area contributed by atoms with E-state index in [1.165, 1.54) is 4.90 Å². The number of amides is 2. The fourth-order valence-electron chi connectivity index (χ4n) is 4.79. The summed E-state index contributed by atoms with van der Waals surface area (Å²) in [5.74, 6) is 0.620. The highest BCUT2D eigenvalue weighted by Gasteiger charge is 2.21. The zero-order valence-corrected chi connectivity index (χ0v) is 28.6. The number of hydrogen-bond acceptors (Lipinski definition) is 8. The van der Waals surface area contributed by atoms with Crippen molar-refractivity contribution in [3.63, 3.8) is 0 Å². The molecule has 12 heteroatoms. The second-order valence-corrected chi connectivity index (χ2v) is 10.6. The molecule has 0 saturated carbocycles. The molecule has 0 fully saturated rings. The Balaban J connectivity index is 0.00000307. The lowest BCUT2D eigenvalue weighted by molar-refractivity contribution is -0.142. The van der Waals surface area contributed by atoms with Gasteiger partial charge in [0.25, 0.3) is 5.91 Å². The maximum atomic E-state index is 13.6. The summed E-state index contributed by atoms with van der Waals surface area (Å²) in [6.07, 6.45) is 4.99. The molecular weight excluding hydrogens is 610 g/mol. The molecule has 2 heterocycles. The molecule has 0 bridgehead atoms. The number of fused-ring (bicyclic) bond motifs is 1. The molecule has 0 aliphatic carbocycles. The number of amidine groups is 1. The number of unbranched alkanes of at least 4 members (excludes halogenated alkanes) is 3. The number of nitrogens with zero attached hydrogens (tertiary/aromatic N) is 5. The quantitative estimate of drug-likeness (QED) is 0.0620. The lowest BCUT2D eigenvalue weighted by Gasteiger charge is -2.21. The molecule has 0 aliphatic rings. The maximum Gasteiger partial charge on any atom is 0.435 e. The van der Waals surface area contributed by atoms with E-state index in [4.69, 9.17) is 20.2 Å². The van der Waals surface area contributed by atoms with E-state index in [0.29, 0.717) is 35.6 Å². The zero-order valence-electron chi connectivity index (χ0n) is 28.6. The number of esters is 1. The first kappa shape index (κ1) is 37.2. The van der Waals surface area contributed by atoms with Crippen LogP contribution < -0.4 is 16.0 Å². The van der Waals surface area contributed by atoms with Crippen molar-refractivity contribution in [3.8, 4) is 0 Å². The van der Waals surface area contributed by atoms with Gasteiger partial charge in [0, 0.05) is 36.6 Å². The van der Waals surface area contributed by atoms with Crippen LogP contribution in [0.1, 0.15) is 81.5 Å². The molecule has 4 aromatic rings. The van der Waals surface area contributed by atoms with Crippen LogP contribution in [0.3, 0.4) is 0 Å². The molecule has 0 radical (unpaired) electrons. The predicted molar refractivity (Wildman–Crippen MR) is 189 cm³/mol. The number of ether oxygens (including phenoxy) is 2. The van der Waals surface area contributed by atoms with Crippen molar-refractivity contribution in [1.82, 2.24) is 14.5 Å². The summed E-state index contributed by atoms with van der Waals surface area (Å²) >= 11 is 0. The summed E-state index contributed by atoms with van der Waals surface area (Å²) in [7, 11) is 1.91. The van der Waals surface area contributed by atoms with E-state index in [9.17, 15) is 14.4 Å².